The summed E-state index contributed by atoms with van der Waals surface area (Å²) >= 11 is 0. The number of rotatable bonds is 4. The molecule has 1 N–H and O–H groups in total. The minimum atomic E-state index is -0.458. The van der Waals surface area contributed by atoms with Crippen molar-refractivity contribution in [3.63, 3.8) is 0 Å². The smallest absolute Gasteiger partial charge is 0.320 e. The molecule has 22 heavy (non-hydrogen) atoms. The van der Waals surface area contributed by atoms with Crippen LogP contribution in [0.25, 0.3) is 11.5 Å². The summed E-state index contributed by atoms with van der Waals surface area (Å²) < 4.78 is 5.50. The Kier molecular flexibility index (Phi) is 3.48. The average molecular weight is 297 g/mol. The monoisotopic (exact) mass is 297 g/mol. The lowest BCUT2D eigenvalue weighted by Crippen LogP contribution is -1.95. The number of nitrogens with one attached hydrogen (secondary N) is 1. The molecule has 0 fully saturated rings. The molecular formula is C14H11N5O3. The summed E-state index contributed by atoms with van der Waals surface area (Å²) in [5.41, 5.74) is 2.10. The Morgan fingerprint density at radius 2 is 1.95 bits per heavy atom. The first-order valence-electron chi connectivity index (χ1n) is 6.39. The summed E-state index contributed by atoms with van der Waals surface area (Å²) in [6.45, 7) is 1.83. The van der Waals surface area contributed by atoms with Gasteiger partial charge in [0.25, 0.3) is 5.69 Å². The van der Waals surface area contributed by atoms with Crippen LogP contribution in [0.5, 0.6) is 0 Å². The van der Waals surface area contributed by atoms with Crippen LogP contribution in [-0.2, 0) is 0 Å². The molecule has 0 atom stereocenters. The summed E-state index contributed by atoms with van der Waals surface area (Å²) in [7, 11) is 0. The normalized spacial score (nSPS) is 10.4. The predicted molar refractivity (Wildman–Crippen MR) is 78.6 cm³/mol. The van der Waals surface area contributed by atoms with Gasteiger partial charge >= 0.3 is 6.01 Å². The number of nitro groups is 1. The third kappa shape index (κ3) is 2.75. The van der Waals surface area contributed by atoms with Crippen molar-refractivity contribution in [1.82, 2.24) is 15.2 Å². The van der Waals surface area contributed by atoms with Gasteiger partial charge in [-0.3, -0.25) is 15.1 Å². The topological polar surface area (TPSA) is 107 Å². The molecule has 2 heterocycles. The summed E-state index contributed by atoms with van der Waals surface area (Å²) in [5.74, 6) is 0.341. The number of aryl methyl sites for hydroxylation is 1. The maximum atomic E-state index is 10.8. The molecule has 110 valence electrons. The Balaban J connectivity index is 1.87. The standard InChI is InChI=1S/C14H11N5O3/c1-9-2-3-11(19(20)21)8-12(9)16-14-18-17-13(22-14)10-4-6-15-7-5-10/h2-8H,1H3,(H,16,18). The van der Waals surface area contributed by atoms with Crippen LogP contribution in [0.15, 0.2) is 47.1 Å². The van der Waals surface area contributed by atoms with Crippen LogP contribution in [0.4, 0.5) is 17.4 Å². The van der Waals surface area contributed by atoms with E-state index >= 15 is 0 Å². The molecule has 0 unspecified atom stereocenters. The Morgan fingerprint density at radius 3 is 2.68 bits per heavy atom. The van der Waals surface area contributed by atoms with E-state index in [0.717, 1.165) is 11.1 Å². The molecule has 0 bridgehead atoms. The maximum absolute atomic E-state index is 10.8. The zero-order valence-corrected chi connectivity index (χ0v) is 11.6. The van der Waals surface area contributed by atoms with Gasteiger partial charge in [0.15, 0.2) is 0 Å². The van der Waals surface area contributed by atoms with E-state index < -0.39 is 4.92 Å². The van der Waals surface area contributed by atoms with E-state index in [1.54, 1.807) is 30.6 Å². The van der Waals surface area contributed by atoms with E-state index in [9.17, 15) is 10.1 Å². The van der Waals surface area contributed by atoms with Crippen LogP contribution in [0, 0.1) is 17.0 Å². The second-order valence-electron chi connectivity index (χ2n) is 4.53. The molecule has 1 aromatic carbocycles. The zero-order valence-electron chi connectivity index (χ0n) is 11.6. The van der Waals surface area contributed by atoms with E-state index in [4.69, 9.17) is 4.42 Å². The first-order valence-corrected chi connectivity index (χ1v) is 6.39. The van der Waals surface area contributed by atoms with E-state index in [0.29, 0.717) is 11.6 Å². The van der Waals surface area contributed by atoms with E-state index in [1.807, 2.05) is 6.92 Å². The van der Waals surface area contributed by atoms with Crippen LogP contribution in [0.3, 0.4) is 0 Å². The number of aromatic nitrogens is 3. The lowest BCUT2D eigenvalue weighted by molar-refractivity contribution is -0.384. The lowest BCUT2D eigenvalue weighted by Gasteiger charge is -2.04. The van der Waals surface area contributed by atoms with Gasteiger partial charge in [-0.15, -0.1) is 5.10 Å². The molecule has 2 aromatic heterocycles. The van der Waals surface area contributed by atoms with Crippen molar-refractivity contribution in [2.75, 3.05) is 5.32 Å². The third-order valence-electron chi connectivity index (χ3n) is 3.03. The minimum Gasteiger partial charge on any atom is -0.403 e. The summed E-state index contributed by atoms with van der Waals surface area (Å²) in [4.78, 5) is 14.3. The van der Waals surface area contributed by atoms with Gasteiger partial charge in [0.1, 0.15) is 0 Å². The highest BCUT2D eigenvalue weighted by atomic mass is 16.6. The first kappa shape index (κ1) is 13.7. The largest absolute Gasteiger partial charge is 0.403 e. The number of anilines is 2. The van der Waals surface area contributed by atoms with E-state index in [-0.39, 0.29) is 11.7 Å². The van der Waals surface area contributed by atoms with Crippen molar-refractivity contribution >= 4 is 17.4 Å². The van der Waals surface area contributed by atoms with Gasteiger partial charge in [-0.05, 0) is 24.6 Å². The van der Waals surface area contributed by atoms with E-state index in [1.165, 1.54) is 12.1 Å². The molecule has 3 rings (SSSR count). The number of hydrogen-bond acceptors (Lipinski definition) is 7. The first-order chi connectivity index (χ1) is 10.6. The number of hydrogen-bond donors (Lipinski definition) is 1. The van der Waals surface area contributed by atoms with Crippen molar-refractivity contribution in [3.05, 3.63) is 58.4 Å². The molecular weight excluding hydrogens is 286 g/mol. The second kappa shape index (κ2) is 5.60. The minimum absolute atomic E-state index is 0.0121. The number of benzene rings is 1. The third-order valence-corrected chi connectivity index (χ3v) is 3.03. The fourth-order valence-electron chi connectivity index (χ4n) is 1.86. The van der Waals surface area contributed by atoms with Gasteiger partial charge in [0.2, 0.25) is 5.89 Å². The fraction of sp³-hybridized carbons (Fsp3) is 0.0714. The van der Waals surface area contributed by atoms with Gasteiger partial charge in [0.05, 0.1) is 10.6 Å². The summed E-state index contributed by atoms with van der Waals surface area (Å²) in [5, 5.41) is 21.5. The van der Waals surface area contributed by atoms with Crippen molar-refractivity contribution < 1.29 is 9.34 Å². The van der Waals surface area contributed by atoms with Crippen LogP contribution in [0.2, 0.25) is 0 Å². The number of pyridine rings is 1. The molecule has 0 aliphatic carbocycles. The van der Waals surface area contributed by atoms with Crippen molar-refractivity contribution in [1.29, 1.82) is 0 Å². The molecule has 0 radical (unpaired) electrons. The molecule has 0 amide bonds. The van der Waals surface area contributed by atoms with Crippen molar-refractivity contribution in [2.45, 2.75) is 6.92 Å². The molecule has 0 saturated carbocycles. The number of nitro benzene ring substituents is 1. The average Bonchev–Trinajstić information content (AvgIpc) is 2.99. The molecule has 8 nitrogen and oxygen atoms in total. The van der Waals surface area contributed by atoms with E-state index in [2.05, 4.69) is 20.5 Å². The van der Waals surface area contributed by atoms with Crippen LogP contribution >= 0.6 is 0 Å². The van der Waals surface area contributed by atoms with Crippen LogP contribution in [-0.4, -0.2) is 20.1 Å². The number of nitrogens with zero attached hydrogens (tertiary/aromatic N) is 4. The molecule has 0 saturated heterocycles. The highest BCUT2D eigenvalue weighted by Crippen LogP contribution is 2.26. The zero-order chi connectivity index (χ0) is 15.5. The summed E-state index contributed by atoms with van der Waals surface area (Å²) in [6, 6.07) is 8.17. The molecule has 0 spiro atoms. The highest BCUT2D eigenvalue weighted by molar-refractivity contribution is 5.62. The van der Waals surface area contributed by atoms with Gasteiger partial charge in [-0.25, -0.2) is 0 Å². The number of non-ortho nitro benzene ring substituents is 1. The van der Waals surface area contributed by atoms with Gasteiger partial charge < -0.3 is 9.73 Å². The Labute approximate surface area is 125 Å². The molecule has 8 heteroatoms. The van der Waals surface area contributed by atoms with Gasteiger partial charge in [-0.2, -0.15) is 0 Å². The van der Waals surface area contributed by atoms with Gasteiger partial charge in [0, 0.05) is 30.1 Å². The summed E-state index contributed by atoms with van der Waals surface area (Å²) in [6.07, 6.45) is 3.24. The lowest BCUT2D eigenvalue weighted by atomic mass is 10.2. The van der Waals surface area contributed by atoms with Crippen molar-refractivity contribution in [2.24, 2.45) is 0 Å². The molecule has 0 aliphatic rings. The quantitative estimate of drug-likeness (QED) is 0.582. The SMILES string of the molecule is Cc1ccc([N+](=O)[O-])cc1Nc1nnc(-c2ccncc2)o1. The van der Waals surface area contributed by atoms with Crippen LogP contribution < -0.4 is 5.32 Å². The van der Waals surface area contributed by atoms with Crippen LogP contribution in [0.1, 0.15) is 5.56 Å². The van der Waals surface area contributed by atoms with Crippen molar-refractivity contribution in [3.8, 4) is 11.5 Å². The Morgan fingerprint density at radius 1 is 1.18 bits per heavy atom. The molecule has 3 aromatic rings. The highest BCUT2D eigenvalue weighted by Gasteiger charge is 2.12. The predicted octanol–water partition coefficient (Wildman–Crippen LogP) is 3.09. The fourth-order valence-corrected chi connectivity index (χ4v) is 1.86. The Hall–Kier alpha value is -3.29. The van der Waals surface area contributed by atoms with Gasteiger partial charge in [-0.1, -0.05) is 11.2 Å². The second-order valence-corrected chi connectivity index (χ2v) is 4.53. The Bertz CT molecular complexity index is 816. The maximum Gasteiger partial charge on any atom is 0.320 e. The molecule has 0 aliphatic heterocycles.